The zero-order valence-corrected chi connectivity index (χ0v) is 16.6. The smallest absolute Gasteiger partial charge is 0.341 e. The highest BCUT2D eigenvalue weighted by Crippen LogP contribution is 2.38. The molecule has 1 aliphatic heterocycles. The third-order valence-corrected chi connectivity index (χ3v) is 6.84. The number of rotatable bonds is 4. The zero-order valence-electron chi connectivity index (χ0n) is 15.8. The van der Waals surface area contributed by atoms with E-state index in [1.807, 2.05) is 6.07 Å². The predicted molar refractivity (Wildman–Crippen MR) is 105 cm³/mol. The van der Waals surface area contributed by atoms with Crippen LogP contribution >= 0.6 is 11.3 Å². The molecule has 2 aliphatic rings. The van der Waals surface area contributed by atoms with E-state index in [-0.39, 0.29) is 17.9 Å². The fourth-order valence-electron chi connectivity index (χ4n) is 4.17. The van der Waals surface area contributed by atoms with Crippen molar-refractivity contribution < 1.29 is 14.3 Å². The molecule has 0 bridgehead atoms. The van der Waals surface area contributed by atoms with Gasteiger partial charge in [-0.2, -0.15) is 0 Å². The van der Waals surface area contributed by atoms with Crippen molar-refractivity contribution in [2.75, 3.05) is 25.5 Å². The molecule has 0 radical (unpaired) electrons. The average Bonchev–Trinajstić information content (AvgIpc) is 3.28. The molecule has 0 spiro atoms. The summed E-state index contributed by atoms with van der Waals surface area (Å²) in [6, 6.07) is 4.35. The van der Waals surface area contributed by atoms with Crippen LogP contribution < -0.4 is 5.32 Å². The number of thiophene rings is 1. The molecule has 1 unspecified atom stereocenters. The number of aryl methyl sites for hydroxylation is 1. The van der Waals surface area contributed by atoms with E-state index in [0.717, 1.165) is 44.3 Å². The third-order valence-electron chi connectivity index (χ3n) is 5.63. The molecule has 2 aromatic rings. The van der Waals surface area contributed by atoms with Crippen LogP contribution in [0.4, 0.5) is 5.00 Å². The van der Waals surface area contributed by atoms with Crippen LogP contribution in [0.2, 0.25) is 0 Å². The highest BCUT2D eigenvalue weighted by molar-refractivity contribution is 7.17. The Hall–Kier alpha value is -2.12. The molecule has 0 saturated carbocycles. The molecule has 1 amide bonds. The van der Waals surface area contributed by atoms with Gasteiger partial charge < -0.3 is 14.6 Å². The number of carbonyl (C=O) groups excluding carboxylic acids is 2. The van der Waals surface area contributed by atoms with Gasteiger partial charge in [0.15, 0.2) is 0 Å². The van der Waals surface area contributed by atoms with Gasteiger partial charge in [0.25, 0.3) is 0 Å². The number of esters is 1. The third kappa shape index (κ3) is 3.41. The summed E-state index contributed by atoms with van der Waals surface area (Å²) in [5, 5.41) is 3.64. The van der Waals surface area contributed by atoms with Crippen molar-refractivity contribution in [1.29, 1.82) is 0 Å². The lowest BCUT2D eigenvalue weighted by Crippen LogP contribution is -2.41. The van der Waals surface area contributed by atoms with Crippen molar-refractivity contribution in [3.63, 3.8) is 0 Å². The Morgan fingerprint density at radius 2 is 2.11 bits per heavy atom. The van der Waals surface area contributed by atoms with Gasteiger partial charge in [0, 0.05) is 35.9 Å². The largest absolute Gasteiger partial charge is 0.465 e. The van der Waals surface area contributed by atoms with Crippen LogP contribution in [0, 0.1) is 0 Å². The number of ether oxygens (including phenoxy) is 1. The van der Waals surface area contributed by atoms with Gasteiger partial charge in [-0.05, 0) is 50.3 Å². The first-order valence-electron chi connectivity index (χ1n) is 9.50. The van der Waals surface area contributed by atoms with Crippen molar-refractivity contribution in [2.45, 2.75) is 45.2 Å². The normalized spacial score (nSPS) is 19.3. The van der Waals surface area contributed by atoms with Crippen molar-refractivity contribution in [3.05, 3.63) is 40.0 Å². The molecule has 4 rings (SSSR count). The topological polar surface area (TPSA) is 63.6 Å². The predicted octanol–water partition coefficient (Wildman–Crippen LogP) is 3.23. The van der Waals surface area contributed by atoms with Crippen LogP contribution in [0.15, 0.2) is 18.3 Å². The monoisotopic (exact) mass is 387 g/mol. The molecule has 7 heteroatoms. The fourth-order valence-corrected chi connectivity index (χ4v) is 5.46. The van der Waals surface area contributed by atoms with E-state index < -0.39 is 0 Å². The molecule has 0 fully saturated rings. The Morgan fingerprint density at radius 3 is 2.93 bits per heavy atom. The minimum atomic E-state index is -0.353. The van der Waals surface area contributed by atoms with E-state index in [2.05, 4.69) is 34.0 Å². The second kappa shape index (κ2) is 7.48. The molecule has 1 N–H and O–H groups in total. The van der Waals surface area contributed by atoms with Crippen molar-refractivity contribution >= 4 is 28.2 Å². The summed E-state index contributed by atoms with van der Waals surface area (Å²) in [4.78, 5) is 28.5. The maximum absolute atomic E-state index is 12.7. The quantitative estimate of drug-likeness (QED) is 0.818. The molecule has 1 atom stereocenters. The van der Waals surface area contributed by atoms with Crippen LogP contribution in [-0.2, 0) is 28.9 Å². The summed E-state index contributed by atoms with van der Waals surface area (Å²) < 4.78 is 7.22. The maximum atomic E-state index is 12.7. The highest BCUT2D eigenvalue weighted by atomic mass is 32.1. The number of methoxy groups -OCH3 is 1. The van der Waals surface area contributed by atoms with Crippen molar-refractivity contribution in [1.82, 2.24) is 9.47 Å². The van der Waals surface area contributed by atoms with Crippen LogP contribution in [0.5, 0.6) is 0 Å². The summed E-state index contributed by atoms with van der Waals surface area (Å²) in [6.45, 7) is 4.17. The second-order valence-corrected chi connectivity index (χ2v) is 8.33. The minimum absolute atomic E-state index is 0.0781. The van der Waals surface area contributed by atoms with E-state index in [1.54, 1.807) is 0 Å². The van der Waals surface area contributed by atoms with E-state index >= 15 is 0 Å². The first-order chi connectivity index (χ1) is 13.1. The number of hydrogen-bond acceptors (Lipinski definition) is 5. The van der Waals surface area contributed by atoms with E-state index in [4.69, 9.17) is 4.74 Å². The van der Waals surface area contributed by atoms with Crippen molar-refractivity contribution in [3.8, 4) is 0 Å². The van der Waals surface area contributed by atoms with Gasteiger partial charge in [0.2, 0.25) is 5.91 Å². The van der Waals surface area contributed by atoms with Gasteiger partial charge in [0.1, 0.15) is 5.00 Å². The maximum Gasteiger partial charge on any atom is 0.341 e. The molecule has 1 aliphatic carbocycles. The van der Waals surface area contributed by atoms with Gasteiger partial charge in [-0.15, -0.1) is 11.3 Å². The van der Waals surface area contributed by atoms with Crippen molar-refractivity contribution in [2.24, 2.45) is 0 Å². The van der Waals surface area contributed by atoms with Crippen LogP contribution in [0.25, 0.3) is 0 Å². The molecule has 2 aromatic heterocycles. The summed E-state index contributed by atoms with van der Waals surface area (Å²) in [6.07, 6.45) is 6.15. The lowest BCUT2D eigenvalue weighted by Gasteiger charge is -2.34. The summed E-state index contributed by atoms with van der Waals surface area (Å²) in [5.74, 6) is -0.431. The number of anilines is 1. The van der Waals surface area contributed by atoms with Crippen LogP contribution in [0.3, 0.4) is 0 Å². The lowest BCUT2D eigenvalue weighted by atomic mass is 9.95. The fraction of sp³-hybridized carbons (Fsp3) is 0.500. The summed E-state index contributed by atoms with van der Waals surface area (Å²) in [7, 11) is 1.39. The number of nitrogens with one attached hydrogen (secondary N) is 1. The Labute approximate surface area is 163 Å². The first-order valence-corrected chi connectivity index (χ1v) is 10.3. The van der Waals surface area contributed by atoms with E-state index in [1.165, 1.54) is 29.0 Å². The van der Waals surface area contributed by atoms with Gasteiger partial charge in [-0.3, -0.25) is 9.69 Å². The summed E-state index contributed by atoms with van der Waals surface area (Å²) >= 11 is 1.53. The molecular weight excluding hydrogens is 362 g/mol. The van der Waals surface area contributed by atoms with Gasteiger partial charge >= 0.3 is 5.97 Å². The highest BCUT2D eigenvalue weighted by Gasteiger charge is 2.29. The Morgan fingerprint density at radius 1 is 1.30 bits per heavy atom. The molecule has 3 heterocycles. The number of carbonyl (C=O) groups is 2. The molecule has 0 aromatic carbocycles. The number of fused-ring (bicyclic) bond motifs is 2. The lowest BCUT2D eigenvalue weighted by molar-refractivity contribution is -0.118. The SMILES string of the molecule is COC(=O)c1c(NC(=O)CN2CCn3cccc3C2C)sc2c1CCCC2. The van der Waals surface area contributed by atoms with E-state index in [0.29, 0.717) is 17.1 Å². The number of hydrogen-bond donors (Lipinski definition) is 1. The first kappa shape index (κ1) is 18.3. The standard InChI is InChI=1S/C20H25N3O3S/c1-13-15-7-5-9-22(15)10-11-23(13)12-17(24)21-19-18(20(25)26-2)14-6-3-4-8-16(14)27-19/h5,7,9,13H,3-4,6,8,10-12H2,1-2H3,(H,21,24). The minimum Gasteiger partial charge on any atom is -0.465 e. The molecule has 0 saturated heterocycles. The molecule has 144 valence electrons. The second-order valence-electron chi connectivity index (χ2n) is 7.23. The van der Waals surface area contributed by atoms with Crippen LogP contribution in [-0.4, -0.2) is 41.5 Å². The molecule has 27 heavy (non-hydrogen) atoms. The number of aromatic nitrogens is 1. The number of nitrogens with zero attached hydrogens (tertiary/aromatic N) is 2. The Bertz CT molecular complexity index is 870. The molecular formula is C20H25N3O3S. The Kier molecular flexibility index (Phi) is 5.06. The zero-order chi connectivity index (χ0) is 19.0. The Balaban J connectivity index is 1.50. The van der Waals surface area contributed by atoms with E-state index in [9.17, 15) is 9.59 Å². The molecule has 6 nitrogen and oxygen atoms in total. The summed E-state index contributed by atoms with van der Waals surface area (Å²) in [5.41, 5.74) is 2.86. The van der Waals surface area contributed by atoms with Gasteiger partial charge in [-0.25, -0.2) is 4.79 Å². The number of amides is 1. The average molecular weight is 388 g/mol. The van der Waals surface area contributed by atoms with Crippen LogP contribution in [0.1, 0.15) is 52.3 Å². The van der Waals surface area contributed by atoms with Gasteiger partial charge in [-0.1, -0.05) is 0 Å². The van der Waals surface area contributed by atoms with Gasteiger partial charge in [0.05, 0.1) is 19.2 Å².